The number of pyridine rings is 1. The van der Waals surface area contributed by atoms with Crippen molar-refractivity contribution in [2.45, 2.75) is 26.2 Å². The second kappa shape index (κ2) is 13.0. The van der Waals surface area contributed by atoms with E-state index in [2.05, 4.69) is 28.6 Å². The van der Waals surface area contributed by atoms with Gasteiger partial charge in [0.15, 0.2) is 0 Å². The van der Waals surface area contributed by atoms with Crippen LogP contribution in [0.25, 0.3) is 10.9 Å². The SMILES string of the molecule is CC(C)CN1CCN(c2ccc([N+](=O)[O-])c3cccnc23)CC1.O=C(O)C(F)(F)F.O=C(O)C(F)(F)F. The monoisotopic (exact) mass is 542 g/mol. The summed E-state index contributed by atoms with van der Waals surface area (Å²) in [5.41, 5.74) is 1.84. The van der Waals surface area contributed by atoms with E-state index in [4.69, 9.17) is 19.8 Å². The van der Waals surface area contributed by atoms with Crippen molar-refractivity contribution in [2.24, 2.45) is 5.92 Å². The Morgan fingerprint density at radius 3 is 1.89 bits per heavy atom. The number of hydrogen-bond acceptors (Lipinski definition) is 7. The first kappa shape index (κ1) is 31.3. The van der Waals surface area contributed by atoms with Crippen LogP contribution in [0, 0.1) is 16.0 Å². The predicted octanol–water partition coefficient (Wildman–Crippen LogP) is 4.19. The highest BCUT2D eigenvalue weighted by Gasteiger charge is 2.38. The molecule has 16 heteroatoms. The molecule has 1 saturated heterocycles. The molecule has 0 bridgehead atoms. The van der Waals surface area contributed by atoms with Gasteiger partial charge >= 0.3 is 24.3 Å². The lowest BCUT2D eigenvalue weighted by molar-refractivity contribution is -0.383. The van der Waals surface area contributed by atoms with E-state index in [1.807, 2.05) is 6.07 Å². The second-order valence-electron chi connectivity index (χ2n) is 8.05. The van der Waals surface area contributed by atoms with Crippen LogP contribution in [0.3, 0.4) is 0 Å². The molecule has 37 heavy (non-hydrogen) atoms. The smallest absolute Gasteiger partial charge is 0.475 e. The molecule has 1 aromatic heterocycles. The summed E-state index contributed by atoms with van der Waals surface area (Å²) in [5, 5.41) is 26.1. The number of nitro benzene ring substituents is 1. The zero-order valence-corrected chi connectivity index (χ0v) is 19.6. The molecule has 206 valence electrons. The Morgan fingerprint density at radius 1 is 1.00 bits per heavy atom. The van der Waals surface area contributed by atoms with Gasteiger partial charge in [-0.1, -0.05) is 13.8 Å². The largest absolute Gasteiger partial charge is 0.490 e. The molecule has 2 heterocycles. The van der Waals surface area contributed by atoms with Gasteiger partial charge in [-0.2, -0.15) is 26.3 Å². The normalized spacial score (nSPS) is 14.4. The molecule has 1 fully saturated rings. The van der Waals surface area contributed by atoms with Crippen LogP contribution >= 0.6 is 0 Å². The van der Waals surface area contributed by atoms with Crippen molar-refractivity contribution in [3.63, 3.8) is 0 Å². The highest BCUT2D eigenvalue weighted by atomic mass is 19.4. The second-order valence-corrected chi connectivity index (χ2v) is 8.05. The Kier molecular flexibility index (Phi) is 11.0. The third-order valence-electron chi connectivity index (χ3n) is 4.74. The first-order valence-corrected chi connectivity index (χ1v) is 10.5. The van der Waals surface area contributed by atoms with Crippen molar-refractivity contribution in [3.05, 3.63) is 40.6 Å². The van der Waals surface area contributed by atoms with Gasteiger partial charge in [0.1, 0.15) is 5.52 Å². The highest BCUT2D eigenvalue weighted by Crippen LogP contribution is 2.32. The molecule has 0 amide bonds. The summed E-state index contributed by atoms with van der Waals surface area (Å²) in [4.78, 5) is 37.8. The van der Waals surface area contributed by atoms with Gasteiger partial charge in [-0.05, 0) is 24.1 Å². The number of nitrogens with zero attached hydrogens (tertiary/aromatic N) is 4. The number of carboxylic acid groups (broad SMARTS) is 2. The predicted molar refractivity (Wildman–Crippen MR) is 119 cm³/mol. The molecule has 2 N–H and O–H groups in total. The standard InChI is InChI=1S/C17H22N4O2.2C2HF3O2/c1-13(2)12-19-8-10-20(11-9-19)16-6-5-15(21(22)23)14-4-3-7-18-17(14)16;2*3-2(4,5)1(6)7/h3-7,13H,8-12H2,1-2H3;2*(H,6,7). The summed E-state index contributed by atoms with van der Waals surface area (Å²) in [6, 6.07) is 6.96. The Balaban J connectivity index is 0.000000404. The van der Waals surface area contributed by atoms with E-state index in [-0.39, 0.29) is 10.6 Å². The number of non-ortho nitro benzene ring substituents is 1. The van der Waals surface area contributed by atoms with Gasteiger partial charge in [0.25, 0.3) is 5.69 Å². The van der Waals surface area contributed by atoms with Gasteiger partial charge < -0.3 is 15.1 Å². The molecule has 10 nitrogen and oxygen atoms in total. The summed E-state index contributed by atoms with van der Waals surface area (Å²) in [5.74, 6) is -4.84. The van der Waals surface area contributed by atoms with Crippen molar-refractivity contribution < 1.29 is 51.1 Å². The zero-order chi connectivity index (χ0) is 28.6. The number of hydrogen-bond donors (Lipinski definition) is 2. The summed E-state index contributed by atoms with van der Waals surface area (Å²) in [7, 11) is 0. The maximum Gasteiger partial charge on any atom is 0.490 e. The number of alkyl halides is 6. The Labute approximate surface area is 206 Å². The zero-order valence-electron chi connectivity index (χ0n) is 19.6. The van der Waals surface area contributed by atoms with Crippen LogP contribution in [0.1, 0.15) is 13.8 Å². The van der Waals surface area contributed by atoms with Crippen molar-refractivity contribution in [1.29, 1.82) is 0 Å². The number of halogens is 6. The van der Waals surface area contributed by atoms with E-state index in [9.17, 15) is 36.5 Å². The quantitative estimate of drug-likeness (QED) is 0.331. The lowest BCUT2D eigenvalue weighted by Crippen LogP contribution is -2.47. The number of aliphatic carboxylic acids is 2. The molecular formula is C21H24F6N4O6. The fraction of sp³-hybridized carbons (Fsp3) is 0.476. The van der Waals surface area contributed by atoms with Gasteiger partial charge in [-0.25, -0.2) is 9.59 Å². The Hall–Kier alpha value is -3.69. The number of carbonyl (C=O) groups is 2. The minimum atomic E-state index is -5.08. The number of carboxylic acids is 2. The van der Waals surface area contributed by atoms with E-state index in [0.29, 0.717) is 11.3 Å². The average Bonchev–Trinajstić information content (AvgIpc) is 2.78. The maximum absolute atomic E-state index is 11.2. The molecule has 1 aliphatic heterocycles. The van der Waals surface area contributed by atoms with Crippen LogP contribution in [0.15, 0.2) is 30.5 Å². The van der Waals surface area contributed by atoms with Gasteiger partial charge in [-0.15, -0.1) is 0 Å². The summed E-state index contributed by atoms with van der Waals surface area (Å²) in [6.07, 6.45) is -8.47. The molecule has 1 aromatic carbocycles. The van der Waals surface area contributed by atoms with Crippen molar-refractivity contribution in [2.75, 3.05) is 37.6 Å². The van der Waals surface area contributed by atoms with E-state index in [0.717, 1.165) is 43.9 Å². The third-order valence-corrected chi connectivity index (χ3v) is 4.74. The molecule has 0 atom stereocenters. The van der Waals surface area contributed by atoms with E-state index >= 15 is 0 Å². The molecule has 0 unspecified atom stereocenters. The van der Waals surface area contributed by atoms with E-state index < -0.39 is 24.3 Å². The third kappa shape index (κ3) is 10.1. The topological polar surface area (TPSA) is 137 Å². The van der Waals surface area contributed by atoms with Crippen LogP contribution in [0.5, 0.6) is 0 Å². The van der Waals surface area contributed by atoms with Crippen molar-refractivity contribution >= 4 is 34.2 Å². The van der Waals surface area contributed by atoms with Crippen LogP contribution in [-0.4, -0.2) is 82.0 Å². The summed E-state index contributed by atoms with van der Waals surface area (Å²) >= 11 is 0. The number of fused-ring (bicyclic) bond motifs is 1. The maximum atomic E-state index is 11.2. The number of benzene rings is 1. The number of anilines is 1. The number of nitro groups is 1. The number of aromatic nitrogens is 1. The Bertz CT molecular complexity index is 1060. The minimum absolute atomic E-state index is 0.121. The van der Waals surface area contributed by atoms with Crippen LogP contribution in [-0.2, 0) is 9.59 Å². The van der Waals surface area contributed by atoms with Gasteiger partial charge in [0.05, 0.1) is 16.0 Å². The fourth-order valence-electron chi connectivity index (χ4n) is 3.24. The van der Waals surface area contributed by atoms with Crippen LogP contribution in [0.4, 0.5) is 37.7 Å². The molecule has 0 spiro atoms. The molecule has 3 rings (SSSR count). The molecule has 1 aliphatic rings. The number of rotatable bonds is 4. The van der Waals surface area contributed by atoms with E-state index in [1.165, 1.54) is 0 Å². The molecular weight excluding hydrogens is 518 g/mol. The van der Waals surface area contributed by atoms with Crippen LogP contribution < -0.4 is 4.90 Å². The summed E-state index contributed by atoms with van der Waals surface area (Å²) < 4.78 is 63.5. The highest BCUT2D eigenvalue weighted by molar-refractivity contribution is 5.97. The first-order chi connectivity index (χ1) is 16.9. The van der Waals surface area contributed by atoms with Crippen molar-refractivity contribution in [1.82, 2.24) is 9.88 Å². The molecule has 2 aromatic rings. The molecule has 0 aliphatic carbocycles. The average molecular weight is 542 g/mol. The number of piperazine rings is 1. The minimum Gasteiger partial charge on any atom is -0.475 e. The molecule has 0 saturated carbocycles. The van der Waals surface area contributed by atoms with Crippen molar-refractivity contribution in [3.8, 4) is 0 Å². The Morgan fingerprint density at radius 2 is 1.49 bits per heavy atom. The van der Waals surface area contributed by atoms with Gasteiger partial charge in [-0.3, -0.25) is 20.0 Å². The summed E-state index contributed by atoms with van der Waals surface area (Å²) in [6.45, 7) is 9.48. The lowest BCUT2D eigenvalue weighted by Gasteiger charge is -2.37. The van der Waals surface area contributed by atoms with Crippen LogP contribution in [0.2, 0.25) is 0 Å². The van der Waals surface area contributed by atoms with Gasteiger partial charge in [0, 0.05) is 45.0 Å². The molecule has 0 radical (unpaired) electrons. The fourth-order valence-corrected chi connectivity index (χ4v) is 3.24. The van der Waals surface area contributed by atoms with E-state index in [1.54, 1.807) is 24.4 Å². The lowest BCUT2D eigenvalue weighted by atomic mass is 10.1. The van der Waals surface area contributed by atoms with Gasteiger partial charge in [0.2, 0.25) is 0 Å². The first-order valence-electron chi connectivity index (χ1n) is 10.5.